The summed E-state index contributed by atoms with van der Waals surface area (Å²) in [5.74, 6) is 9.05. The van der Waals surface area contributed by atoms with Gasteiger partial charge in [-0.05, 0) is 38.1 Å². The molecule has 0 unspecified atom stereocenters. The van der Waals surface area contributed by atoms with Gasteiger partial charge in [-0.25, -0.2) is 4.68 Å². The predicted molar refractivity (Wildman–Crippen MR) is 102 cm³/mol. The van der Waals surface area contributed by atoms with E-state index in [4.69, 9.17) is 15.3 Å². The highest BCUT2D eigenvalue weighted by Crippen LogP contribution is 2.29. The van der Waals surface area contributed by atoms with Crippen LogP contribution in [0.25, 0.3) is 11.4 Å². The van der Waals surface area contributed by atoms with E-state index in [1.165, 1.54) is 16.4 Å². The molecule has 136 valence electrons. The van der Waals surface area contributed by atoms with Crippen LogP contribution in [0.5, 0.6) is 11.5 Å². The van der Waals surface area contributed by atoms with Crippen LogP contribution in [0.15, 0.2) is 35.6 Å². The normalized spacial score (nSPS) is 10.8. The van der Waals surface area contributed by atoms with Gasteiger partial charge in [-0.3, -0.25) is 4.98 Å². The second-order valence-electron chi connectivity index (χ2n) is 5.74. The van der Waals surface area contributed by atoms with Gasteiger partial charge >= 0.3 is 0 Å². The number of benzene rings is 1. The Morgan fingerprint density at radius 1 is 1.08 bits per heavy atom. The Labute approximate surface area is 156 Å². The highest BCUT2D eigenvalue weighted by molar-refractivity contribution is 7.98. The minimum Gasteiger partial charge on any atom is -0.497 e. The van der Waals surface area contributed by atoms with Gasteiger partial charge in [0.1, 0.15) is 11.5 Å². The Morgan fingerprint density at radius 2 is 1.81 bits per heavy atom. The monoisotopic (exact) mass is 371 g/mol. The third-order valence-electron chi connectivity index (χ3n) is 4.10. The van der Waals surface area contributed by atoms with Crippen molar-refractivity contribution in [2.75, 3.05) is 20.1 Å². The van der Waals surface area contributed by atoms with Crippen molar-refractivity contribution >= 4 is 11.8 Å². The lowest BCUT2D eigenvalue weighted by Gasteiger charge is -2.11. The van der Waals surface area contributed by atoms with Gasteiger partial charge in [0.25, 0.3) is 0 Å². The molecule has 0 aliphatic rings. The summed E-state index contributed by atoms with van der Waals surface area (Å²) in [6, 6.07) is 7.53. The van der Waals surface area contributed by atoms with Crippen LogP contribution >= 0.6 is 11.8 Å². The highest BCUT2D eigenvalue weighted by atomic mass is 32.2. The molecule has 3 rings (SSSR count). The maximum absolute atomic E-state index is 6.18. The molecule has 0 saturated heterocycles. The van der Waals surface area contributed by atoms with Crippen LogP contribution < -0.4 is 15.3 Å². The Kier molecular flexibility index (Phi) is 5.32. The molecule has 2 aromatic heterocycles. The van der Waals surface area contributed by atoms with Crippen LogP contribution in [0, 0.1) is 13.8 Å². The van der Waals surface area contributed by atoms with E-state index >= 15 is 0 Å². The minimum absolute atomic E-state index is 0.598. The molecule has 2 heterocycles. The first-order valence-corrected chi connectivity index (χ1v) is 9.00. The van der Waals surface area contributed by atoms with E-state index in [0.29, 0.717) is 16.7 Å². The fourth-order valence-corrected chi connectivity index (χ4v) is 3.54. The zero-order valence-electron chi connectivity index (χ0n) is 15.2. The van der Waals surface area contributed by atoms with Gasteiger partial charge < -0.3 is 15.3 Å². The smallest absolute Gasteiger partial charge is 0.210 e. The number of hydrogen-bond donors (Lipinski definition) is 1. The van der Waals surface area contributed by atoms with Crippen LogP contribution in [0.4, 0.5) is 0 Å². The molecule has 7 nitrogen and oxygen atoms in total. The van der Waals surface area contributed by atoms with Crippen molar-refractivity contribution in [3.63, 3.8) is 0 Å². The number of nitrogens with zero attached hydrogens (tertiary/aromatic N) is 4. The summed E-state index contributed by atoms with van der Waals surface area (Å²) in [7, 11) is 3.30. The first-order valence-electron chi connectivity index (χ1n) is 8.02. The Morgan fingerprint density at radius 3 is 2.46 bits per heavy atom. The standard InChI is InChI=1S/C18H21N5O2S/c1-11-9-20-15(12(2)16(11)25-4)10-26-18-22-21-17(23(18)19)13-5-7-14(24-3)8-6-13/h5-9H,10,19H2,1-4H3. The summed E-state index contributed by atoms with van der Waals surface area (Å²) < 4.78 is 12.1. The second-order valence-corrected chi connectivity index (χ2v) is 6.68. The molecule has 1 aromatic carbocycles. The number of aryl methyl sites for hydroxylation is 1. The average molecular weight is 371 g/mol. The zero-order valence-corrected chi connectivity index (χ0v) is 16.0. The lowest BCUT2D eigenvalue weighted by Crippen LogP contribution is -2.11. The fourth-order valence-electron chi connectivity index (χ4n) is 2.66. The molecular weight excluding hydrogens is 350 g/mol. The minimum atomic E-state index is 0.598. The number of rotatable bonds is 6. The molecule has 8 heteroatoms. The van der Waals surface area contributed by atoms with Crippen molar-refractivity contribution in [2.24, 2.45) is 0 Å². The van der Waals surface area contributed by atoms with Gasteiger partial charge in [-0.2, -0.15) is 0 Å². The lowest BCUT2D eigenvalue weighted by molar-refractivity contribution is 0.407. The third-order valence-corrected chi connectivity index (χ3v) is 5.05. The van der Waals surface area contributed by atoms with E-state index in [-0.39, 0.29) is 0 Å². The van der Waals surface area contributed by atoms with E-state index in [2.05, 4.69) is 15.2 Å². The number of ether oxygens (including phenoxy) is 2. The van der Waals surface area contributed by atoms with Gasteiger partial charge in [0.05, 0.1) is 19.9 Å². The largest absolute Gasteiger partial charge is 0.497 e. The summed E-state index contributed by atoms with van der Waals surface area (Å²) in [5, 5.41) is 9.03. The van der Waals surface area contributed by atoms with Crippen LogP contribution in [0.2, 0.25) is 0 Å². The maximum Gasteiger partial charge on any atom is 0.210 e. The summed E-state index contributed by atoms with van der Waals surface area (Å²) in [6.07, 6.45) is 1.82. The molecule has 26 heavy (non-hydrogen) atoms. The Bertz CT molecular complexity index is 909. The fraction of sp³-hybridized carbons (Fsp3) is 0.278. The Hall–Kier alpha value is -2.74. The molecule has 0 aliphatic carbocycles. The predicted octanol–water partition coefficient (Wildman–Crippen LogP) is 2.98. The molecule has 3 aromatic rings. The Balaban J connectivity index is 1.79. The topological polar surface area (TPSA) is 88.1 Å². The van der Waals surface area contributed by atoms with Crippen LogP contribution in [-0.2, 0) is 5.75 Å². The number of thioether (sulfide) groups is 1. The van der Waals surface area contributed by atoms with E-state index in [1.54, 1.807) is 14.2 Å². The third kappa shape index (κ3) is 3.45. The van der Waals surface area contributed by atoms with E-state index in [0.717, 1.165) is 33.9 Å². The molecule has 0 saturated carbocycles. The molecule has 0 amide bonds. The summed E-state index contributed by atoms with van der Waals surface area (Å²) in [6.45, 7) is 3.98. The van der Waals surface area contributed by atoms with Gasteiger partial charge in [-0.1, -0.05) is 11.8 Å². The van der Waals surface area contributed by atoms with E-state index in [9.17, 15) is 0 Å². The van der Waals surface area contributed by atoms with Crippen molar-refractivity contribution < 1.29 is 9.47 Å². The molecule has 0 aliphatic heterocycles. The molecule has 0 bridgehead atoms. The van der Waals surface area contributed by atoms with E-state index in [1.807, 2.05) is 44.3 Å². The molecule has 2 N–H and O–H groups in total. The van der Waals surface area contributed by atoms with Crippen molar-refractivity contribution in [3.8, 4) is 22.9 Å². The molecule has 0 radical (unpaired) electrons. The number of methoxy groups -OCH3 is 2. The van der Waals surface area contributed by atoms with Gasteiger partial charge in [0.2, 0.25) is 5.16 Å². The summed E-state index contributed by atoms with van der Waals surface area (Å²) >= 11 is 1.48. The number of hydrogen-bond acceptors (Lipinski definition) is 7. The highest BCUT2D eigenvalue weighted by Gasteiger charge is 2.15. The van der Waals surface area contributed by atoms with E-state index < -0.39 is 0 Å². The van der Waals surface area contributed by atoms with Gasteiger partial charge in [0.15, 0.2) is 5.82 Å². The molecule has 0 atom stereocenters. The van der Waals surface area contributed by atoms with Crippen molar-refractivity contribution in [1.29, 1.82) is 0 Å². The first-order chi connectivity index (χ1) is 12.5. The lowest BCUT2D eigenvalue weighted by atomic mass is 10.1. The number of aromatic nitrogens is 4. The molecule has 0 fully saturated rings. The first kappa shape index (κ1) is 18.1. The number of pyridine rings is 1. The van der Waals surface area contributed by atoms with Gasteiger partial charge in [-0.15, -0.1) is 10.2 Å². The van der Waals surface area contributed by atoms with Crippen molar-refractivity contribution in [3.05, 3.63) is 47.3 Å². The molecule has 0 spiro atoms. The number of nitrogens with two attached hydrogens (primary N) is 1. The van der Waals surface area contributed by atoms with Crippen LogP contribution in [0.3, 0.4) is 0 Å². The van der Waals surface area contributed by atoms with Crippen LogP contribution in [-0.4, -0.2) is 34.1 Å². The molecular formula is C18H21N5O2S. The summed E-state index contributed by atoms with van der Waals surface area (Å²) in [4.78, 5) is 4.50. The quantitative estimate of drug-likeness (QED) is 0.526. The SMILES string of the molecule is COc1ccc(-c2nnc(SCc3ncc(C)c(OC)c3C)n2N)cc1. The summed E-state index contributed by atoms with van der Waals surface area (Å²) in [5.41, 5.74) is 3.85. The van der Waals surface area contributed by atoms with Crippen LogP contribution in [0.1, 0.15) is 16.8 Å². The average Bonchev–Trinajstić information content (AvgIpc) is 3.02. The van der Waals surface area contributed by atoms with Gasteiger partial charge in [0, 0.05) is 28.6 Å². The zero-order chi connectivity index (χ0) is 18.7. The number of nitrogen functional groups attached to an aromatic ring is 1. The second kappa shape index (κ2) is 7.65. The van der Waals surface area contributed by atoms with Crippen molar-refractivity contribution in [2.45, 2.75) is 24.8 Å². The maximum atomic E-state index is 6.18. The van der Waals surface area contributed by atoms with Crippen molar-refractivity contribution in [1.82, 2.24) is 19.9 Å².